The van der Waals surface area contributed by atoms with E-state index < -0.39 is 0 Å². The topological polar surface area (TPSA) is 75.3 Å². The first-order valence-electron chi connectivity index (χ1n) is 26.8. The molecule has 0 N–H and O–H groups in total. The molecule has 72 heavy (non-hydrogen) atoms. The number of benzene rings is 6. The van der Waals surface area contributed by atoms with E-state index in [-0.39, 0.29) is 5.41 Å². The first-order chi connectivity index (χ1) is 35.1. The van der Waals surface area contributed by atoms with Crippen LogP contribution in [0.25, 0.3) is 78.7 Å². The Labute approximate surface area is 426 Å². The van der Waals surface area contributed by atoms with Gasteiger partial charge in [-0.1, -0.05) is 125 Å². The van der Waals surface area contributed by atoms with Crippen LogP contribution < -0.4 is 0 Å². The summed E-state index contributed by atoms with van der Waals surface area (Å²) in [7, 11) is 0. The van der Waals surface area contributed by atoms with Crippen LogP contribution in [-0.4, -0.2) is 19.9 Å². The summed E-state index contributed by atoms with van der Waals surface area (Å²) in [6.07, 6.45) is 16.9. The molecule has 0 amide bonds. The van der Waals surface area contributed by atoms with Gasteiger partial charge in [0.1, 0.15) is 0 Å². The van der Waals surface area contributed by atoms with Crippen molar-refractivity contribution in [1.82, 2.24) is 19.9 Å². The maximum Gasteiger partial charge on any atom is 0.164 e. The van der Waals surface area contributed by atoms with Crippen LogP contribution >= 0.6 is 0 Å². The maximum atomic E-state index is 9.73. The van der Waals surface area contributed by atoms with Crippen LogP contribution in [0.4, 0.5) is 0 Å². The minimum atomic E-state index is 0.232. The molecule has 5 heteroatoms. The number of nitriles is 1. The number of hydrogen-bond donors (Lipinski definition) is 0. The Balaban J connectivity index is 0.959. The lowest BCUT2D eigenvalue weighted by atomic mass is 9.54. The minimum Gasteiger partial charge on any atom is -0.265 e. The lowest BCUT2D eigenvalue weighted by molar-refractivity contribution is 0.0779. The van der Waals surface area contributed by atoms with Crippen molar-refractivity contribution >= 4 is 0 Å². The van der Waals surface area contributed by atoms with Crippen molar-refractivity contribution in [3.63, 3.8) is 0 Å². The second-order valence-corrected chi connectivity index (χ2v) is 23.2. The van der Waals surface area contributed by atoms with E-state index in [0.717, 1.165) is 85.6 Å². The fraction of sp³-hybridized carbons (Fsp3) is 0.328. The van der Waals surface area contributed by atoms with Gasteiger partial charge in [0.25, 0.3) is 0 Å². The van der Waals surface area contributed by atoms with Gasteiger partial charge in [-0.25, -0.2) is 15.0 Å². The van der Waals surface area contributed by atoms with E-state index in [4.69, 9.17) is 15.0 Å². The average Bonchev–Trinajstić information content (AvgIpc) is 3.40. The van der Waals surface area contributed by atoms with E-state index in [1.54, 1.807) is 0 Å². The molecule has 6 aromatic carbocycles. The molecular weight excluding hydrogens is 875 g/mol. The van der Waals surface area contributed by atoms with E-state index in [0.29, 0.717) is 28.5 Å². The van der Waals surface area contributed by atoms with Crippen LogP contribution in [0.3, 0.4) is 0 Å². The third kappa shape index (κ3) is 9.11. The standard InChI is InChI=1S/C67H65N5/c1-43-27-48-28-44(2)37-66(36-43,40-48)61-19-15-50(16-20-61)54-7-5-9-56(31-54)59-33-58(51-13-11-47(42-68)12-14-51)34-60(35-59)65-71-63(70-64(72-65)57-10-6-8-55(32-57)52-23-25-69-26-24-52)53-17-21-62(22-18-53)67-38-45(3)29-49(41-67)30-46(4)39-67/h5-26,31-35,43-46,48-49H,27-30,36-41H2,1-4H3/t43-,44+,45-,46?,48-,49-,66?,67?/m0/s1. The van der Waals surface area contributed by atoms with Crippen LogP contribution in [0.5, 0.6) is 0 Å². The molecule has 4 aliphatic carbocycles. The van der Waals surface area contributed by atoms with Gasteiger partial charge in [-0.15, -0.1) is 0 Å². The Kier molecular flexibility index (Phi) is 12.1. The lowest BCUT2D eigenvalue weighted by Gasteiger charge is -2.50. The van der Waals surface area contributed by atoms with Crippen LogP contribution in [0.1, 0.15) is 109 Å². The van der Waals surface area contributed by atoms with Crippen LogP contribution in [0, 0.1) is 46.8 Å². The molecule has 0 saturated heterocycles. The summed E-state index contributed by atoms with van der Waals surface area (Å²) >= 11 is 0. The smallest absolute Gasteiger partial charge is 0.164 e. The molecule has 4 aliphatic rings. The van der Waals surface area contributed by atoms with Crippen molar-refractivity contribution in [2.24, 2.45) is 35.5 Å². The molecule has 0 spiro atoms. The predicted molar refractivity (Wildman–Crippen MR) is 294 cm³/mol. The minimum absolute atomic E-state index is 0.232. The zero-order valence-corrected chi connectivity index (χ0v) is 42.4. The van der Waals surface area contributed by atoms with E-state index in [9.17, 15) is 5.26 Å². The van der Waals surface area contributed by atoms with E-state index in [1.165, 1.54) is 86.5 Å². The van der Waals surface area contributed by atoms with Crippen molar-refractivity contribution in [2.75, 3.05) is 0 Å². The Bertz CT molecular complexity index is 3260. The maximum absolute atomic E-state index is 9.73. The summed E-state index contributed by atoms with van der Waals surface area (Å²) < 4.78 is 0. The number of rotatable bonds is 9. The van der Waals surface area contributed by atoms with E-state index in [1.807, 2.05) is 48.8 Å². The molecule has 0 radical (unpaired) electrons. The zero-order valence-electron chi connectivity index (χ0n) is 42.4. The third-order valence-electron chi connectivity index (χ3n) is 17.3. The van der Waals surface area contributed by atoms with Crippen molar-refractivity contribution in [3.8, 4) is 84.7 Å². The number of fused-ring (bicyclic) bond motifs is 4. The molecule has 2 aromatic heterocycles. The molecule has 4 fully saturated rings. The highest BCUT2D eigenvalue weighted by molar-refractivity contribution is 5.83. The second kappa shape index (κ2) is 18.9. The number of hydrogen-bond acceptors (Lipinski definition) is 5. The van der Waals surface area contributed by atoms with Gasteiger partial charge < -0.3 is 0 Å². The number of nitrogens with zero attached hydrogens (tertiary/aromatic N) is 5. The van der Waals surface area contributed by atoms with Gasteiger partial charge in [0.2, 0.25) is 0 Å². The van der Waals surface area contributed by atoms with Crippen LogP contribution in [-0.2, 0) is 10.8 Å². The monoisotopic (exact) mass is 940 g/mol. The SMILES string of the molecule is CC1C[C@@H]2C[C@H](C)CC(c3ccc(-c4nc(-c5cccc(-c6ccncc6)c5)nc(-c5cc(-c6ccc(C#N)cc6)cc(-c6cccc(-c7ccc(C89C[C@H](C)C[C@H](C[C@H](C)C8)C9)cc7)c6)c5)n4)cc3)(C1)C2. The molecule has 3 unspecified atom stereocenters. The molecule has 8 atom stereocenters. The molecule has 4 bridgehead atoms. The van der Waals surface area contributed by atoms with Crippen molar-refractivity contribution in [1.29, 1.82) is 5.26 Å². The van der Waals surface area contributed by atoms with E-state index in [2.05, 4.69) is 154 Å². The highest BCUT2D eigenvalue weighted by Gasteiger charge is 2.46. The number of pyridine rings is 1. The summed E-state index contributed by atoms with van der Waals surface area (Å²) in [6.45, 7) is 9.86. The highest BCUT2D eigenvalue weighted by Crippen LogP contribution is 2.55. The van der Waals surface area contributed by atoms with Gasteiger partial charge in [-0.2, -0.15) is 5.26 Å². The fourth-order valence-electron chi connectivity index (χ4n) is 15.0. The Morgan fingerprint density at radius 3 is 1.25 bits per heavy atom. The summed E-state index contributed by atoms with van der Waals surface area (Å²) in [5.74, 6) is 6.58. The quantitative estimate of drug-likeness (QED) is 0.144. The molecule has 8 aromatic rings. The average molecular weight is 940 g/mol. The lowest BCUT2D eigenvalue weighted by Crippen LogP contribution is -2.42. The Morgan fingerprint density at radius 2 is 0.736 bits per heavy atom. The van der Waals surface area contributed by atoms with Gasteiger partial charge in [-0.05, 0) is 221 Å². The molecule has 4 saturated carbocycles. The summed E-state index contributed by atoms with van der Waals surface area (Å²) in [5, 5.41) is 9.73. The molecule has 5 nitrogen and oxygen atoms in total. The first-order valence-corrected chi connectivity index (χ1v) is 26.8. The van der Waals surface area contributed by atoms with Gasteiger partial charge in [-0.3, -0.25) is 4.98 Å². The highest BCUT2D eigenvalue weighted by atomic mass is 15.0. The molecule has 0 aliphatic heterocycles. The molecule has 12 rings (SSSR count). The van der Waals surface area contributed by atoms with Gasteiger partial charge in [0.15, 0.2) is 17.5 Å². The fourth-order valence-corrected chi connectivity index (χ4v) is 15.0. The van der Waals surface area contributed by atoms with Gasteiger partial charge in [0, 0.05) is 29.1 Å². The van der Waals surface area contributed by atoms with Gasteiger partial charge in [0.05, 0.1) is 11.6 Å². The first kappa shape index (κ1) is 46.1. The zero-order chi connectivity index (χ0) is 49.0. The largest absolute Gasteiger partial charge is 0.265 e. The van der Waals surface area contributed by atoms with Crippen molar-refractivity contribution in [2.45, 2.75) is 103 Å². The Morgan fingerprint density at radius 1 is 0.375 bits per heavy atom. The molecule has 358 valence electrons. The molecule has 2 heterocycles. The van der Waals surface area contributed by atoms with Gasteiger partial charge >= 0.3 is 0 Å². The van der Waals surface area contributed by atoms with Crippen molar-refractivity contribution in [3.05, 3.63) is 181 Å². The predicted octanol–water partition coefficient (Wildman–Crippen LogP) is 17.0. The normalized spacial score (nSPS) is 25.6. The Hall–Kier alpha value is -7.03. The third-order valence-corrected chi connectivity index (χ3v) is 17.3. The van der Waals surface area contributed by atoms with Crippen molar-refractivity contribution < 1.29 is 0 Å². The van der Waals surface area contributed by atoms with Crippen LogP contribution in [0.15, 0.2) is 164 Å². The summed E-state index contributed by atoms with van der Waals surface area (Å²) in [5.41, 5.74) is 15.7. The molecular formula is C67H65N5. The summed E-state index contributed by atoms with van der Waals surface area (Å²) in [6, 6.07) is 57.3. The van der Waals surface area contributed by atoms with Crippen LogP contribution in [0.2, 0.25) is 0 Å². The second-order valence-electron chi connectivity index (χ2n) is 23.2. The van der Waals surface area contributed by atoms with E-state index >= 15 is 0 Å². The summed E-state index contributed by atoms with van der Waals surface area (Å²) in [4.78, 5) is 20.3. The number of aromatic nitrogens is 4.